The summed E-state index contributed by atoms with van der Waals surface area (Å²) in [5.74, 6) is 0. The second-order valence-electron chi connectivity index (χ2n) is 4.60. The fraction of sp³-hybridized carbons (Fsp3) is 0.0625. The molecule has 0 aliphatic heterocycles. The van der Waals surface area contributed by atoms with E-state index in [9.17, 15) is 4.79 Å². The molecule has 6 heteroatoms. The monoisotopic (exact) mass is 293 g/mol. The van der Waals surface area contributed by atoms with Crippen LogP contribution in [0.2, 0.25) is 0 Å². The molecule has 0 aliphatic carbocycles. The summed E-state index contributed by atoms with van der Waals surface area (Å²) in [4.78, 5) is 16.2. The second kappa shape index (κ2) is 6.53. The third-order valence-corrected chi connectivity index (χ3v) is 3.06. The maximum absolute atomic E-state index is 12.0. The van der Waals surface area contributed by atoms with Crippen LogP contribution in [0.1, 0.15) is 5.69 Å². The van der Waals surface area contributed by atoms with Crippen molar-refractivity contribution in [3.8, 4) is 5.69 Å². The third-order valence-electron chi connectivity index (χ3n) is 3.06. The summed E-state index contributed by atoms with van der Waals surface area (Å²) < 4.78 is 1.70. The van der Waals surface area contributed by atoms with Gasteiger partial charge in [-0.05, 0) is 30.3 Å². The lowest BCUT2D eigenvalue weighted by molar-refractivity contribution is 0.251. The first-order valence-electron chi connectivity index (χ1n) is 6.87. The van der Waals surface area contributed by atoms with E-state index in [1.165, 1.54) is 0 Å². The Bertz CT molecular complexity index is 740. The summed E-state index contributed by atoms with van der Waals surface area (Å²) in [5.41, 5.74) is 2.29. The van der Waals surface area contributed by atoms with Crippen molar-refractivity contribution >= 4 is 11.7 Å². The van der Waals surface area contributed by atoms with Gasteiger partial charge in [0.25, 0.3) is 0 Å². The number of pyridine rings is 1. The van der Waals surface area contributed by atoms with Crippen LogP contribution in [0.5, 0.6) is 0 Å². The molecule has 2 heterocycles. The summed E-state index contributed by atoms with van der Waals surface area (Å²) in [6.45, 7) is 0.372. The van der Waals surface area contributed by atoms with E-state index in [2.05, 4.69) is 20.7 Å². The van der Waals surface area contributed by atoms with E-state index in [1.54, 1.807) is 17.1 Å². The van der Waals surface area contributed by atoms with Crippen molar-refractivity contribution in [2.24, 2.45) is 0 Å². The first-order chi connectivity index (χ1) is 10.8. The highest BCUT2D eigenvalue weighted by atomic mass is 16.2. The van der Waals surface area contributed by atoms with Crippen molar-refractivity contribution < 1.29 is 4.79 Å². The van der Waals surface area contributed by atoms with Gasteiger partial charge in [0.15, 0.2) is 0 Å². The van der Waals surface area contributed by atoms with Crippen LogP contribution >= 0.6 is 0 Å². The molecule has 0 unspecified atom stereocenters. The Morgan fingerprint density at radius 2 is 1.91 bits per heavy atom. The topological polar surface area (TPSA) is 71.8 Å². The van der Waals surface area contributed by atoms with Crippen molar-refractivity contribution in [2.75, 3.05) is 5.32 Å². The summed E-state index contributed by atoms with van der Waals surface area (Å²) in [6, 6.07) is 14.6. The second-order valence-corrected chi connectivity index (χ2v) is 4.60. The van der Waals surface area contributed by atoms with Gasteiger partial charge in [0.2, 0.25) is 0 Å². The number of nitrogens with zero attached hydrogens (tertiary/aromatic N) is 3. The number of hydrogen-bond donors (Lipinski definition) is 2. The van der Waals surface area contributed by atoms with E-state index in [1.807, 2.05) is 54.7 Å². The van der Waals surface area contributed by atoms with Crippen LogP contribution < -0.4 is 10.6 Å². The summed E-state index contributed by atoms with van der Waals surface area (Å²) in [5, 5.41) is 9.79. The smallest absolute Gasteiger partial charge is 0.319 e. The lowest BCUT2D eigenvalue weighted by Crippen LogP contribution is -2.29. The fourth-order valence-corrected chi connectivity index (χ4v) is 2.03. The van der Waals surface area contributed by atoms with Crippen molar-refractivity contribution in [2.45, 2.75) is 6.54 Å². The minimum atomic E-state index is -0.287. The molecule has 3 rings (SSSR count). The van der Waals surface area contributed by atoms with E-state index >= 15 is 0 Å². The van der Waals surface area contributed by atoms with Gasteiger partial charge in [-0.1, -0.05) is 18.2 Å². The van der Waals surface area contributed by atoms with E-state index in [-0.39, 0.29) is 6.03 Å². The number of anilines is 1. The van der Waals surface area contributed by atoms with E-state index in [0.717, 1.165) is 11.4 Å². The Morgan fingerprint density at radius 1 is 1.05 bits per heavy atom. The zero-order chi connectivity index (χ0) is 15.2. The predicted octanol–water partition coefficient (Wildman–Crippen LogP) is 2.59. The number of carbonyl (C=O) groups is 1. The quantitative estimate of drug-likeness (QED) is 0.776. The van der Waals surface area contributed by atoms with Crippen LogP contribution in [0.15, 0.2) is 67.1 Å². The Morgan fingerprint density at radius 3 is 2.68 bits per heavy atom. The van der Waals surface area contributed by atoms with Gasteiger partial charge in [-0.3, -0.25) is 4.98 Å². The molecule has 2 N–H and O–H groups in total. The van der Waals surface area contributed by atoms with E-state index in [4.69, 9.17) is 0 Å². The molecule has 110 valence electrons. The van der Waals surface area contributed by atoms with Crippen LogP contribution in [0.3, 0.4) is 0 Å². The van der Waals surface area contributed by atoms with Gasteiger partial charge in [-0.2, -0.15) is 5.10 Å². The average molecular weight is 293 g/mol. The number of amides is 2. The highest BCUT2D eigenvalue weighted by Gasteiger charge is 2.07. The van der Waals surface area contributed by atoms with Gasteiger partial charge in [0.1, 0.15) is 0 Å². The van der Waals surface area contributed by atoms with Crippen molar-refractivity contribution in [1.29, 1.82) is 0 Å². The van der Waals surface area contributed by atoms with Crippen LogP contribution in [-0.2, 0) is 6.54 Å². The highest BCUT2D eigenvalue weighted by Crippen LogP contribution is 2.18. The van der Waals surface area contributed by atoms with Gasteiger partial charge >= 0.3 is 6.03 Å². The van der Waals surface area contributed by atoms with Crippen molar-refractivity contribution in [3.63, 3.8) is 0 Å². The molecule has 0 saturated heterocycles. The van der Waals surface area contributed by atoms with Crippen LogP contribution in [0.25, 0.3) is 5.69 Å². The fourth-order valence-electron chi connectivity index (χ4n) is 2.03. The minimum Gasteiger partial charge on any atom is -0.332 e. The predicted molar refractivity (Wildman–Crippen MR) is 83.7 cm³/mol. The van der Waals surface area contributed by atoms with Gasteiger partial charge in [-0.25, -0.2) is 9.48 Å². The summed E-state index contributed by atoms with van der Waals surface area (Å²) in [6.07, 6.45) is 5.21. The maximum Gasteiger partial charge on any atom is 0.319 e. The molecule has 0 radical (unpaired) electrons. The standard InChI is InChI=1S/C16H15N5O/c22-16(18-12-13-6-3-4-9-17-13)20-14-7-1-2-8-15(14)21-11-5-10-19-21/h1-11H,12H2,(H2,18,20,22). The molecular weight excluding hydrogens is 278 g/mol. The zero-order valence-electron chi connectivity index (χ0n) is 11.8. The minimum absolute atomic E-state index is 0.287. The lowest BCUT2D eigenvalue weighted by Gasteiger charge is -2.11. The van der Waals surface area contributed by atoms with Crippen LogP contribution in [0.4, 0.5) is 10.5 Å². The van der Waals surface area contributed by atoms with Crippen molar-refractivity contribution in [1.82, 2.24) is 20.1 Å². The maximum atomic E-state index is 12.0. The molecule has 0 bridgehead atoms. The number of aromatic nitrogens is 3. The molecule has 6 nitrogen and oxygen atoms in total. The Kier molecular flexibility index (Phi) is 4.10. The average Bonchev–Trinajstić information content (AvgIpc) is 3.09. The first kappa shape index (κ1) is 13.8. The molecular formula is C16H15N5O. The Hall–Kier alpha value is -3.15. The molecule has 2 amide bonds. The van der Waals surface area contributed by atoms with Gasteiger partial charge in [-0.15, -0.1) is 0 Å². The number of nitrogens with one attached hydrogen (secondary N) is 2. The number of rotatable bonds is 4. The number of hydrogen-bond acceptors (Lipinski definition) is 3. The highest BCUT2D eigenvalue weighted by molar-refractivity contribution is 5.91. The Labute approximate surface area is 127 Å². The summed E-state index contributed by atoms with van der Waals surface area (Å²) in [7, 11) is 0. The molecule has 3 aromatic rings. The number of urea groups is 1. The molecule has 0 atom stereocenters. The number of para-hydroxylation sites is 2. The van der Waals surface area contributed by atoms with Gasteiger partial charge in [0.05, 0.1) is 23.6 Å². The molecule has 2 aromatic heterocycles. The number of carbonyl (C=O) groups excluding carboxylic acids is 1. The molecule has 0 saturated carbocycles. The zero-order valence-corrected chi connectivity index (χ0v) is 11.8. The largest absolute Gasteiger partial charge is 0.332 e. The van der Waals surface area contributed by atoms with E-state index in [0.29, 0.717) is 12.2 Å². The van der Waals surface area contributed by atoms with E-state index < -0.39 is 0 Å². The van der Waals surface area contributed by atoms with Crippen LogP contribution in [0, 0.1) is 0 Å². The number of benzene rings is 1. The lowest BCUT2D eigenvalue weighted by atomic mass is 10.2. The van der Waals surface area contributed by atoms with Crippen LogP contribution in [-0.4, -0.2) is 20.8 Å². The SMILES string of the molecule is O=C(NCc1ccccn1)Nc1ccccc1-n1cccn1. The molecule has 1 aromatic carbocycles. The molecule has 0 fully saturated rings. The van der Waals surface area contributed by atoms with Gasteiger partial charge < -0.3 is 10.6 Å². The molecule has 0 spiro atoms. The normalized spacial score (nSPS) is 10.2. The molecule has 22 heavy (non-hydrogen) atoms. The summed E-state index contributed by atoms with van der Waals surface area (Å²) >= 11 is 0. The Balaban J connectivity index is 1.67. The van der Waals surface area contributed by atoms with Crippen molar-refractivity contribution in [3.05, 3.63) is 72.8 Å². The third kappa shape index (κ3) is 3.29. The van der Waals surface area contributed by atoms with Gasteiger partial charge in [0, 0.05) is 18.6 Å². The first-order valence-corrected chi connectivity index (χ1v) is 6.87. The molecule has 0 aliphatic rings.